The van der Waals surface area contributed by atoms with Crippen LogP contribution in [-0.2, 0) is 9.59 Å². The number of hydrogen-bond donors (Lipinski definition) is 3. The third-order valence-corrected chi connectivity index (χ3v) is 3.47. The van der Waals surface area contributed by atoms with Gasteiger partial charge >= 0.3 is 5.97 Å². The highest BCUT2D eigenvalue weighted by Crippen LogP contribution is 2.17. The van der Waals surface area contributed by atoms with Crippen LogP contribution in [0.2, 0.25) is 0 Å². The Hall–Kier alpha value is -1.88. The first-order chi connectivity index (χ1) is 10.4. The van der Waals surface area contributed by atoms with Crippen molar-refractivity contribution in [2.24, 2.45) is 0 Å². The largest absolute Gasteiger partial charge is 0.480 e. The fourth-order valence-electron chi connectivity index (χ4n) is 2.05. The number of amides is 1. The molecule has 0 heterocycles. The molecule has 0 bridgehead atoms. The molecule has 122 valence electrons. The predicted molar refractivity (Wildman–Crippen MR) is 88.1 cm³/mol. The lowest BCUT2D eigenvalue weighted by Crippen LogP contribution is -2.40. The van der Waals surface area contributed by atoms with Crippen LogP contribution < -0.4 is 10.6 Å². The SMILES string of the molecule is CCCCNC(CC(=O)Nc1ccc(C(C)C)cc1)C(=O)O. The average molecular weight is 306 g/mol. The van der Waals surface area contributed by atoms with Crippen molar-refractivity contribution in [3.05, 3.63) is 29.8 Å². The molecule has 0 aliphatic heterocycles. The zero-order valence-corrected chi connectivity index (χ0v) is 13.6. The van der Waals surface area contributed by atoms with Gasteiger partial charge in [-0.05, 0) is 36.6 Å². The van der Waals surface area contributed by atoms with E-state index in [9.17, 15) is 9.59 Å². The number of anilines is 1. The summed E-state index contributed by atoms with van der Waals surface area (Å²) in [5.74, 6) is -0.862. The van der Waals surface area contributed by atoms with Crippen LogP contribution >= 0.6 is 0 Å². The van der Waals surface area contributed by atoms with Crippen molar-refractivity contribution in [3.8, 4) is 0 Å². The maximum absolute atomic E-state index is 12.0. The monoisotopic (exact) mass is 306 g/mol. The fraction of sp³-hybridized carbons (Fsp3) is 0.529. The number of carbonyl (C=O) groups excluding carboxylic acids is 1. The Morgan fingerprint density at radius 3 is 2.32 bits per heavy atom. The molecule has 0 spiro atoms. The van der Waals surface area contributed by atoms with E-state index in [-0.39, 0.29) is 12.3 Å². The van der Waals surface area contributed by atoms with E-state index in [0.29, 0.717) is 18.2 Å². The lowest BCUT2D eigenvalue weighted by atomic mass is 10.0. The van der Waals surface area contributed by atoms with Crippen molar-refractivity contribution < 1.29 is 14.7 Å². The minimum Gasteiger partial charge on any atom is -0.480 e. The topological polar surface area (TPSA) is 78.4 Å². The lowest BCUT2D eigenvalue weighted by Gasteiger charge is -2.14. The van der Waals surface area contributed by atoms with E-state index in [2.05, 4.69) is 24.5 Å². The zero-order valence-electron chi connectivity index (χ0n) is 13.6. The molecule has 0 aromatic heterocycles. The van der Waals surface area contributed by atoms with Gasteiger partial charge in [0.25, 0.3) is 0 Å². The molecule has 1 rings (SSSR count). The third kappa shape index (κ3) is 6.26. The quantitative estimate of drug-likeness (QED) is 0.613. The molecular weight excluding hydrogens is 280 g/mol. The standard InChI is InChI=1S/C17H26N2O3/c1-4-5-10-18-15(17(21)22)11-16(20)19-14-8-6-13(7-9-14)12(2)3/h6-9,12,15,18H,4-5,10-11H2,1-3H3,(H,19,20)(H,21,22). The number of rotatable bonds is 9. The van der Waals surface area contributed by atoms with Gasteiger partial charge in [0.05, 0.1) is 6.42 Å². The van der Waals surface area contributed by atoms with Gasteiger partial charge in [-0.15, -0.1) is 0 Å². The van der Waals surface area contributed by atoms with Crippen molar-refractivity contribution in [1.29, 1.82) is 0 Å². The van der Waals surface area contributed by atoms with Crippen LogP contribution in [0, 0.1) is 0 Å². The molecule has 0 saturated heterocycles. The Kier molecular flexibility index (Phi) is 7.60. The second-order valence-corrected chi connectivity index (χ2v) is 5.73. The number of unbranched alkanes of at least 4 members (excludes halogenated alkanes) is 1. The van der Waals surface area contributed by atoms with Crippen LogP contribution in [0.15, 0.2) is 24.3 Å². The number of carboxylic acids is 1. The van der Waals surface area contributed by atoms with Gasteiger partial charge in [-0.1, -0.05) is 39.3 Å². The summed E-state index contributed by atoms with van der Waals surface area (Å²) in [6, 6.07) is 6.77. The molecule has 0 aliphatic carbocycles. The Bertz CT molecular complexity index is 483. The second kappa shape index (κ2) is 9.20. The van der Waals surface area contributed by atoms with Gasteiger partial charge in [0.2, 0.25) is 5.91 Å². The summed E-state index contributed by atoms with van der Waals surface area (Å²) < 4.78 is 0. The van der Waals surface area contributed by atoms with Crippen molar-refractivity contribution >= 4 is 17.6 Å². The van der Waals surface area contributed by atoms with E-state index >= 15 is 0 Å². The summed E-state index contributed by atoms with van der Waals surface area (Å²) in [6.07, 6.45) is 1.79. The summed E-state index contributed by atoms with van der Waals surface area (Å²) in [7, 11) is 0. The molecule has 1 aromatic carbocycles. The highest BCUT2D eigenvalue weighted by atomic mass is 16.4. The summed E-state index contributed by atoms with van der Waals surface area (Å²) >= 11 is 0. The molecule has 1 unspecified atom stereocenters. The number of benzene rings is 1. The van der Waals surface area contributed by atoms with Crippen LogP contribution in [0.5, 0.6) is 0 Å². The first-order valence-corrected chi connectivity index (χ1v) is 7.80. The van der Waals surface area contributed by atoms with Crippen molar-refractivity contribution in [2.45, 2.75) is 52.0 Å². The first kappa shape index (κ1) is 18.2. The Balaban J connectivity index is 2.53. The molecule has 3 N–H and O–H groups in total. The van der Waals surface area contributed by atoms with E-state index in [1.807, 2.05) is 31.2 Å². The van der Waals surface area contributed by atoms with E-state index in [1.54, 1.807) is 0 Å². The zero-order chi connectivity index (χ0) is 16.5. The predicted octanol–water partition coefficient (Wildman–Crippen LogP) is 2.98. The second-order valence-electron chi connectivity index (χ2n) is 5.73. The molecule has 1 amide bonds. The number of aliphatic carboxylic acids is 1. The minimum atomic E-state index is -0.999. The van der Waals surface area contributed by atoms with Gasteiger partial charge in [0.1, 0.15) is 6.04 Å². The molecule has 0 aliphatic rings. The van der Waals surface area contributed by atoms with Gasteiger partial charge in [0, 0.05) is 5.69 Å². The molecule has 1 atom stereocenters. The van der Waals surface area contributed by atoms with Crippen LogP contribution in [-0.4, -0.2) is 29.6 Å². The van der Waals surface area contributed by atoms with Gasteiger partial charge in [0.15, 0.2) is 0 Å². The van der Waals surface area contributed by atoms with Crippen molar-refractivity contribution in [2.75, 3.05) is 11.9 Å². The number of carboxylic acid groups (broad SMARTS) is 1. The Morgan fingerprint density at radius 1 is 1.18 bits per heavy atom. The number of hydrogen-bond acceptors (Lipinski definition) is 3. The van der Waals surface area contributed by atoms with E-state index in [0.717, 1.165) is 12.8 Å². The minimum absolute atomic E-state index is 0.0784. The van der Waals surface area contributed by atoms with Gasteiger partial charge in [-0.3, -0.25) is 9.59 Å². The maximum atomic E-state index is 12.0. The maximum Gasteiger partial charge on any atom is 0.321 e. The average Bonchev–Trinajstić information content (AvgIpc) is 2.46. The molecule has 0 fully saturated rings. The molecule has 0 radical (unpaired) electrons. The van der Waals surface area contributed by atoms with Crippen LogP contribution in [0.25, 0.3) is 0 Å². The highest BCUT2D eigenvalue weighted by molar-refractivity contribution is 5.94. The first-order valence-electron chi connectivity index (χ1n) is 7.80. The van der Waals surface area contributed by atoms with Gasteiger partial charge in [-0.2, -0.15) is 0 Å². The molecule has 0 saturated carbocycles. The smallest absolute Gasteiger partial charge is 0.321 e. The highest BCUT2D eigenvalue weighted by Gasteiger charge is 2.20. The molecular formula is C17H26N2O3. The van der Waals surface area contributed by atoms with E-state index in [1.165, 1.54) is 5.56 Å². The van der Waals surface area contributed by atoms with Crippen LogP contribution in [0.4, 0.5) is 5.69 Å². The molecule has 22 heavy (non-hydrogen) atoms. The van der Waals surface area contributed by atoms with Crippen molar-refractivity contribution in [1.82, 2.24) is 5.32 Å². The summed E-state index contributed by atoms with van der Waals surface area (Å²) in [5.41, 5.74) is 1.88. The van der Waals surface area contributed by atoms with Gasteiger partial charge < -0.3 is 15.7 Å². The number of nitrogens with one attached hydrogen (secondary N) is 2. The van der Waals surface area contributed by atoms with Gasteiger partial charge in [-0.25, -0.2) is 0 Å². The Labute approximate surface area is 132 Å². The summed E-state index contributed by atoms with van der Waals surface area (Å²) in [5, 5.41) is 14.8. The molecule has 5 nitrogen and oxygen atoms in total. The normalized spacial score (nSPS) is 12.2. The van der Waals surface area contributed by atoms with Crippen LogP contribution in [0.1, 0.15) is 51.5 Å². The van der Waals surface area contributed by atoms with Crippen molar-refractivity contribution in [3.63, 3.8) is 0 Å². The third-order valence-electron chi connectivity index (χ3n) is 3.47. The van der Waals surface area contributed by atoms with E-state index in [4.69, 9.17) is 5.11 Å². The van der Waals surface area contributed by atoms with Crippen LogP contribution in [0.3, 0.4) is 0 Å². The molecule has 1 aromatic rings. The van der Waals surface area contributed by atoms with E-state index < -0.39 is 12.0 Å². The summed E-state index contributed by atoms with van der Waals surface area (Å²) in [4.78, 5) is 23.1. The fourth-order valence-corrected chi connectivity index (χ4v) is 2.05. The lowest BCUT2D eigenvalue weighted by molar-refractivity contribution is -0.141. The molecule has 5 heteroatoms. The summed E-state index contributed by atoms with van der Waals surface area (Å²) in [6.45, 7) is 6.84. The Morgan fingerprint density at radius 2 is 1.82 bits per heavy atom. The number of carbonyl (C=O) groups is 2.